The van der Waals surface area contributed by atoms with Crippen LogP contribution in [0.1, 0.15) is 10.6 Å². The number of para-hydroxylation sites is 3. The van der Waals surface area contributed by atoms with Crippen LogP contribution in [0.5, 0.6) is 17.2 Å². The van der Waals surface area contributed by atoms with Gasteiger partial charge in [-0.3, -0.25) is 4.79 Å². The summed E-state index contributed by atoms with van der Waals surface area (Å²) in [4.78, 5) is 12.4. The maximum Gasteiger partial charge on any atom is 0.287 e. The Bertz CT molecular complexity index is 917. The lowest BCUT2D eigenvalue weighted by molar-refractivity contribution is 0.0774. The predicted octanol–water partition coefficient (Wildman–Crippen LogP) is 3.01. The Hall–Kier alpha value is -3.15. The number of hydrogen-bond acceptors (Lipinski definition) is 5. The van der Waals surface area contributed by atoms with Crippen LogP contribution < -0.4 is 19.5 Å². The monoisotopic (exact) mass is 339 g/mol. The molecule has 0 saturated heterocycles. The molecule has 3 aromatic rings. The zero-order valence-electron chi connectivity index (χ0n) is 13.7. The van der Waals surface area contributed by atoms with Gasteiger partial charge in [0.2, 0.25) is 0 Å². The number of rotatable bonds is 4. The number of carbonyl (C=O) groups is 1. The molecule has 128 valence electrons. The highest BCUT2D eigenvalue weighted by atomic mass is 16.6. The van der Waals surface area contributed by atoms with Crippen LogP contribution >= 0.6 is 0 Å². The number of amides is 1. The summed E-state index contributed by atoms with van der Waals surface area (Å²) in [7, 11) is 1.56. The average molecular weight is 339 g/mol. The summed E-state index contributed by atoms with van der Waals surface area (Å²) in [6, 6.07) is 14.7. The molecule has 0 saturated carbocycles. The van der Waals surface area contributed by atoms with E-state index in [1.807, 2.05) is 36.4 Å². The third-order valence-corrected chi connectivity index (χ3v) is 4.01. The highest BCUT2D eigenvalue weighted by Gasteiger charge is 2.22. The second-order valence-corrected chi connectivity index (χ2v) is 5.70. The Morgan fingerprint density at radius 2 is 2.04 bits per heavy atom. The molecule has 6 nitrogen and oxygen atoms in total. The standard InChI is InChI=1S/C19H17NO5/c1-22-16-8-4-5-12-9-17(25-18(12)16)19(21)20-10-13-11-23-14-6-2-3-7-15(14)24-13/h2-9,13H,10-11H2,1H3,(H,20,21)/t13-/m1/s1. The number of carbonyl (C=O) groups excluding carboxylic acids is 1. The third kappa shape index (κ3) is 2.98. The lowest BCUT2D eigenvalue weighted by atomic mass is 10.2. The lowest BCUT2D eigenvalue weighted by Crippen LogP contribution is -2.40. The fraction of sp³-hybridized carbons (Fsp3) is 0.211. The van der Waals surface area contributed by atoms with Crippen LogP contribution in [0, 0.1) is 0 Å². The van der Waals surface area contributed by atoms with E-state index in [4.69, 9.17) is 18.6 Å². The molecule has 1 aliphatic heterocycles. The molecule has 1 amide bonds. The smallest absolute Gasteiger partial charge is 0.287 e. The Labute approximate surface area is 144 Å². The van der Waals surface area contributed by atoms with Crippen molar-refractivity contribution < 1.29 is 23.4 Å². The fourth-order valence-corrected chi connectivity index (χ4v) is 2.77. The number of fused-ring (bicyclic) bond motifs is 2. The quantitative estimate of drug-likeness (QED) is 0.791. The molecular weight excluding hydrogens is 322 g/mol. The van der Waals surface area contributed by atoms with Crippen molar-refractivity contribution in [2.24, 2.45) is 0 Å². The van der Waals surface area contributed by atoms with Gasteiger partial charge in [0.25, 0.3) is 5.91 Å². The molecule has 0 spiro atoms. The lowest BCUT2D eigenvalue weighted by Gasteiger charge is -2.26. The van der Waals surface area contributed by atoms with E-state index >= 15 is 0 Å². The Morgan fingerprint density at radius 1 is 1.20 bits per heavy atom. The van der Waals surface area contributed by atoms with Gasteiger partial charge < -0.3 is 23.9 Å². The summed E-state index contributed by atoms with van der Waals surface area (Å²) >= 11 is 0. The summed E-state index contributed by atoms with van der Waals surface area (Å²) in [5.41, 5.74) is 0.557. The molecule has 2 aromatic carbocycles. The Kier molecular flexibility index (Phi) is 3.93. The van der Waals surface area contributed by atoms with E-state index in [0.717, 1.165) is 11.1 Å². The number of hydrogen-bond donors (Lipinski definition) is 1. The van der Waals surface area contributed by atoms with Crippen molar-refractivity contribution in [3.8, 4) is 17.2 Å². The molecule has 1 aliphatic rings. The summed E-state index contributed by atoms with van der Waals surface area (Å²) < 4.78 is 22.3. The maximum atomic E-state index is 12.4. The summed E-state index contributed by atoms with van der Waals surface area (Å²) in [5, 5.41) is 3.63. The van der Waals surface area contributed by atoms with E-state index in [-0.39, 0.29) is 17.8 Å². The number of ether oxygens (including phenoxy) is 3. The second kappa shape index (κ2) is 6.39. The van der Waals surface area contributed by atoms with E-state index in [1.165, 1.54) is 0 Å². The molecule has 0 radical (unpaired) electrons. The minimum atomic E-state index is -0.305. The first-order chi connectivity index (χ1) is 12.2. The predicted molar refractivity (Wildman–Crippen MR) is 91.5 cm³/mol. The van der Waals surface area contributed by atoms with Crippen molar-refractivity contribution in [3.05, 3.63) is 54.3 Å². The van der Waals surface area contributed by atoms with Crippen molar-refractivity contribution in [1.29, 1.82) is 0 Å². The Balaban J connectivity index is 1.43. The molecule has 25 heavy (non-hydrogen) atoms. The van der Waals surface area contributed by atoms with E-state index in [1.54, 1.807) is 19.2 Å². The van der Waals surface area contributed by atoms with Gasteiger partial charge in [-0.2, -0.15) is 0 Å². The van der Waals surface area contributed by atoms with E-state index < -0.39 is 0 Å². The largest absolute Gasteiger partial charge is 0.493 e. The second-order valence-electron chi connectivity index (χ2n) is 5.70. The minimum absolute atomic E-state index is 0.233. The van der Waals surface area contributed by atoms with Gasteiger partial charge in [-0.05, 0) is 24.3 Å². The summed E-state index contributed by atoms with van der Waals surface area (Å²) in [6.07, 6.45) is -0.252. The first kappa shape index (κ1) is 15.4. The zero-order chi connectivity index (χ0) is 17.2. The fourth-order valence-electron chi connectivity index (χ4n) is 2.77. The van der Waals surface area contributed by atoms with Gasteiger partial charge in [0.05, 0.1) is 13.7 Å². The molecule has 0 aliphatic carbocycles. The zero-order valence-corrected chi connectivity index (χ0v) is 13.7. The molecule has 0 fully saturated rings. The van der Waals surface area contributed by atoms with Gasteiger partial charge in [0.15, 0.2) is 28.6 Å². The topological polar surface area (TPSA) is 69.9 Å². The van der Waals surface area contributed by atoms with E-state index in [9.17, 15) is 4.79 Å². The maximum absolute atomic E-state index is 12.4. The average Bonchev–Trinajstić information content (AvgIpc) is 3.10. The number of benzene rings is 2. The number of methoxy groups -OCH3 is 1. The summed E-state index contributed by atoms with van der Waals surface area (Å²) in [6.45, 7) is 0.701. The normalized spacial score (nSPS) is 15.8. The molecule has 0 unspecified atom stereocenters. The van der Waals surface area contributed by atoms with Crippen LogP contribution in [0.2, 0.25) is 0 Å². The van der Waals surface area contributed by atoms with Gasteiger partial charge in [-0.25, -0.2) is 0 Å². The van der Waals surface area contributed by atoms with Gasteiger partial charge in [-0.15, -0.1) is 0 Å². The van der Waals surface area contributed by atoms with Gasteiger partial charge in [0.1, 0.15) is 12.7 Å². The minimum Gasteiger partial charge on any atom is -0.493 e. The third-order valence-electron chi connectivity index (χ3n) is 4.01. The van der Waals surface area contributed by atoms with Crippen molar-refractivity contribution in [3.63, 3.8) is 0 Å². The van der Waals surface area contributed by atoms with E-state index in [0.29, 0.717) is 30.2 Å². The number of furan rings is 1. The summed E-state index contributed by atoms with van der Waals surface area (Å²) in [5.74, 6) is 1.92. The molecule has 1 atom stereocenters. The Morgan fingerprint density at radius 3 is 2.88 bits per heavy atom. The highest BCUT2D eigenvalue weighted by molar-refractivity contribution is 5.97. The molecule has 6 heteroatoms. The molecule has 1 aromatic heterocycles. The van der Waals surface area contributed by atoms with Gasteiger partial charge in [0, 0.05) is 5.39 Å². The van der Waals surface area contributed by atoms with Crippen LogP contribution in [0.15, 0.2) is 52.9 Å². The first-order valence-corrected chi connectivity index (χ1v) is 7.98. The molecular formula is C19H17NO5. The van der Waals surface area contributed by atoms with E-state index in [2.05, 4.69) is 5.32 Å². The van der Waals surface area contributed by atoms with Crippen molar-refractivity contribution in [2.45, 2.75) is 6.10 Å². The molecule has 0 bridgehead atoms. The molecule has 1 N–H and O–H groups in total. The van der Waals surface area contributed by atoms with Crippen molar-refractivity contribution in [2.75, 3.05) is 20.3 Å². The molecule has 4 rings (SSSR count). The van der Waals surface area contributed by atoms with Crippen LogP contribution in [0.25, 0.3) is 11.0 Å². The van der Waals surface area contributed by atoms with Crippen LogP contribution in [0.4, 0.5) is 0 Å². The van der Waals surface area contributed by atoms with Gasteiger partial charge in [-0.1, -0.05) is 24.3 Å². The van der Waals surface area contributed by atoms with Gasteiger partial charge >= 0.3 is 0 Å². The number of nitrogens with one attached hydrogen (secondary N) is 1. The SMILES string of the molecule is COc1cccc2cc(C(=O)NC[C@@H]3COc4ccccc4O3)oc12. The highest BCUT2D eigenvalue weighted by Crippen LogP contribution is 2.31. The van der Waals surface area contributed by atoms with Crippen molar-refractivity contribution in [1.82, 2.24) is 5.32 Å². The van der Waals surface area contributed by atoms with Crippen LogP contribution in [0.3, 0.4) is 0 Å². The molecule has 2 heterocycles. The van der Waals surface area contributed by atoms with Crippen molar-refractivity contribution >= 4 is 16.9 Å². The van der Waals surface area contributed by atoms with Crippen LogP contribution in [-0.4, -0.2) is 32.3 Å². The van der Waals surface area contributed by atoms with Crippen LogP contribution in [-0.2, 0) is 0 Å². The first-order valence-electron chi connectivity index (χ1n) is 7.98.